The summed E-state index contributed by atoms with van der Waals surface area (Å²) >= 11 is 0. The SMILES string of the molecule is CC1(C)CCC2(C(=O)NCC(F)(F)F)CCC3(C)C(C4OC4C=C4C5(C)C=C(C#N)C(=O)C(C)(C)C5CCC43C)C2C1. The number of amides is 1. The van der Waals surface area contributed by atoms with Gasteiger partial charge in [0.25, 0.3) is 0 Å². The smallest absolute Gasteiger partial charge is 0.365 e. The first-order chi connectivity index (χ1) is 19.3. The molecule has 6 rings (SSSR count). The summed E-state index contributed by atoms with van der Waals surface area (Å²) in [5, 5.41) is 12.3. The molecule has 5 aliphatic carbocycles. The Bertz CT molecular complexity index is 1340. The molecule has 8 heteroatoms. The van der Waals surface area contributed by atoms with E-state index in [0.717, 1.165) is 25.7 Å². The first kappa shape index (κ1) is 29.9. The second-order valence-corrected chi connectivity index (χ2v) is 16.4. The molecule has 1 saturated heterocycles. The van der Waals surface area contributed by atoms with Crippen LogP contribution in [0.2, 0.25) is 0 Å². The number of ether oxygens (including phenoxy) is 1. The molecular formula is C34H45F3N2O3. The Kier molecular flexibility index (Phi) is 6.22. The van der Waals surface area contributed by atoms with Gasteiger partial charge in [0.05, 0.1) is 17.1 Å². The van der Waals surface area contributed by atoms with Crippen LogP contribution in [0.1, 0.15) is 93.4 Å². The van der Waals surface area contributed by atoms with Gasteiger partial charge in [-0.05, 0) is 78.9 Å². The highest BCUT2D eigenvalue weighted by Gasteiger charge is 2.73. The van der Waals surface area contributed by atoms with Crippen molar-refractivity contribution in [2.75, 3.05) is 6.54 Å². The van der Waals surface area contributed by atoms with Crippen molar-refractivity contribution in [3.05, 3.63) is 23.3 Å². The van der Waals surface area contributed by atoms with Crippen LogP contribution in [0.5, 0.6) is 0 Å². The van der Waals surface area contributed by atoms with Crippen molar-refractivity contribution >= 4 is 11.7 Å². The van der Waals surface area contributed by atoms with Crippen LogP contribution in [0.15, 0.2) is 23.3 Å². The van der Waals surface area contributed by atoms with Gasteiger partial charge in [0.1, 0.15) is 18.7 Å². The van der Waals surface area contributed by atoms with Crippen LogP contribution in [-0.2, 0) is 14.3 Å². The summed E-state index contributed by atoms with van der Waals surface area (Å²) < 4.78 is 46.2. The van der Waals surface area contributed by atoms with E-state index in [1.54, 1.807) is 0 Å². The average molecular weight is 587 g/mol. The molecule has 42 heavy (non-hydrogen) atoms. The molecule has 0 bridgehead atoms. The number of carbonyl (C=O) groups excluding carboxylic acids is 2. The van der Waals surface area contributed by atoms with Gasteiger partial charge in [-0.2, -0.15) is 18.4 Å². The van der Waals surface area contributed by atoms with E-state index >= 15 is 0 Å². The lowest BCUT2D eigenvalue weighted by molar-refractivity contribution is -0.178. The molecule has 4 fully saturated rings. The van der Waals surface area contributed by atoms with Crippen LogP contribution in [0, 0.1) is 61.6 Å². The van der Waals surface area contributed by atoms with Crippen LogP contribution in [0.4, 0.5) is 13.2 Å². The fourth-order valence-corrected chi connectivity index (χ4v) is 11.1. The Balaban J connectivity index is 1.46. The number of fused-ring (bicyclic) bond motifs is 9. The van der Waals surface area contributed by atoms with Crippen molar-refractivity contribution in [2.45, 2.75) is 112 Å². The molecule has 0 aromatic heterocycles. The van der Waals surface area contributed by atoms with E-state index in [0.29, 0.717) is 19.3 Å². The molecule has 0 aromatic carbocycles. The number of Topliss-reactive ketones (excluding diaryl/α,β-unsaturated/α-hetero) is 1. The minimum Gasteiger partial charge on any atom is -0.365 e. The molecule has 1 heterocycles. The molecule has 5 nitrogen and oxygen atoms in total. The molecule has 3 saturated carbocycles. The summed E-state index contributed by atoms with van der Waals surface area (Å²) in [6.07, 6.45) is 4.63. The highest BCUT2D eigenvalue weighted by molar-refractivity contribution is 6.04. The first-order valence-electron chi connectivity index (χ1n) is 15.7. The number of halogens is 3. The Morgan fingerprint density at radius 2 is 1.74 bits per heavy atom. The van der Waals surface area contributed by atoms with Crippen molar-refractivity contribution in [1.82, 2.24) is 5.32 Å². The van der Waals surface area contributed by atoms with Gasteiger partial charge in [-0.3, -0.25) is 9.59 Å². The van der Waals surface area contributed by atoms with Crippen LogP contribution < -0.4 is 5.32 Å². The molecule has 9 atom stereocenters. The van der Waals surface area contributed by atoms with Gasteiger partial charge in [0.15, 0.2) is 5.78 Å². The predicted molar refractivity (Wildman–Crippen MR) is 152 cm³/mol. The van der Waals surface area contributed by atoms with Gasteiger partial charge in [-0.1, -0.05) is 66.2 Å². The van der Waals surface area contributed by atoms with Gasteiger partial charge >= 0.3 is 6.18 Å². The zero-order valence-electron chi connectivity index (χ0n) is 26.0. The number of rotatable bonds is 2. The Morgan fingerprint density at radius 1 is 1.07 bits per heavy atom. The quantitative estimate of drug-likeness (QED) is 0.277. The standard InChI is InChI=1S/C34H45F3N2O3/c1-28(2)10-12-33(27(41)39-18-34(35,36)37)13-11-32(7)24(20(33)16-28)25-21(42-25)14-23-30(5)15-19(17-38)26(40)29(3,4)22(30)8-9-31(23,32)6/h14-15,20-22,24-25H,8-13,16,18H2,1-7H3,(H,39,41). The summed E-state index contributed by atoms with van der Waals surface area (Å²) in [7, 11) is 0. The Labute approximate surface area is 247 Å². The van der Waals surface area contributed by atoms with Gasteiger partial charge in [-0.15, -0.1) is 0 Å². The van der Waals surface area contributed by atoms with E-state index in [-0.39, 0.29) is 57.6 Å². The third kappa shape index (κ3) is 3.90. The minimum absolute atomic E-state index is 0.00371. The second kappa shape index (κ2) is 8.73. The number of carbonyl (C=O) groups is 2. The summed E-state index contributed by atoms with van der Waals surface area (Å²) in [6.45, 7) is 13.9. The van der Waals surface area contributed by atoms with Crippen molar-refractivity contribution in [3.8, 4) is 6.07 Å². The van der Waals surface area contributed by atoms with Crippen molar-refractivity contribution < 1.29 is 27.5 Å². The molecule has 0 aromatic rings. The maximum absolute atomic E-state index is 13.8. The number of epoxide rings is 1. The number of nitrogens with one attached hydrogen (secondary N) is 1. The molecule has 1 amide bonds. The van der Waals surface area contributed by atoms with E-state index in [1.807, 2.05) is 19.9 Å². The van der Waals surface area contributed by atoms with Crippen LogP contribution >= 0.6 is 0 Å². The molecule has 9 unspecified atom stereocenters. The number of nitriles is 1. The van der Waals surface area contributed by atoms with Crippen LogP contribution in [0.3, 0.4) is 0 Å². The lowest BCUT2D eigenvalue weighted by Gasteiger charge is -2.67. The highest BCUT2D eigenvalue weighted by atomic mass is 19.4. The lowest BCUT2D eigenvalue weighted by Crippen LogP contribution is -2.64. The van der Waals surface area contributed by atoms with Crippen LogP contribution in [0.25, 0.3) is 0 Å². The zero-order chi connectivity index (χ0) is 30.9. The van der Waals surface area contributed by atoms with Crippen molar-refractivity contribution in [1.29, 1.82) is 5.26 Å². The van der Waals surface area contributed by atoms with E-state index in [4.69, 9.17) is 4.74 Å². The number of hydrogen-bond acceptors (Lipinski definition) is 4. The molecule has 0 spiro atoms. The third-order valence-electron chi connectivity index (χ3n) is 13.5. The van der Waals surface area contributed by atoms with E-state index < -0.39 is 34.9 Å². The maximum Gasteiger partial charge on any atom is 0.405 e. The predicted octanol–water partition coefficient (Wildman–Crippen LogP) is 7.08. The molecule has 6 aliphatic rings. The van der Waals surface area contributed by atoms with Gasteiger partial charge in [-0.25, -0.2) is 0 Å². The van der Waals surface area contributed by atoms with Gasteiger partial charge in [0.2, 0.25) is 5.91 Å². The molecular weight excluding hydrogens is 541 g/mol. The maximum atomic E-state index is 13.8. The Hall–Kier alpha value is -2.14. The van der Waals surface area contributed by atoms with E-state index in [1.165, 1.54) is 5.57 Å². The fourth-order valence-electron chi connectivity index (χ4n) is 11.1. The molecule has 230 valence electrons. The van der Waals surface area contributed by atoms with Gasteiger partial charge < -0.3 is 10.1 Å². The normalized spacial score (nSPS) is 46.6. The minimum atomic E-state index is -4.46. The lowest BCUT2D eigenvalue weighted by atomic mass is 9.36. The van der Waals surface area contributed by atoms with E-state index in [2.05, 4.69) is 52.1 Å². The Morgan fingerprint density at radius 3 is 2.38 bits per heavy atom. The zero-order valence-corrected chi connectivity index (χ0v) is 26.0. The first-order valence-corrected chi connectivity index (χ1v) is 15.7. The summed E-state index contributed by atoms with van der Waals surface area (Å²) in [4.78, 5) is 27.2. The van der Waals surface area contributed by atoms with Crippen molar-refractivity contribution in [3.63, 3.8) is 0 Å². The number of allylic oxidation sites excluding steroid dienone is 3. The fraction of sp³-hybridized carbons (Fsp3) is 0.794. The number of alkyl halides is 3. The number of nitrogens with zero attached hydrogens (tertiary/aromatic N) is 1. The van der Waals surface area contributed by atoms with E-state index in [9.17, 15) is 28.0 Å². The largest absolute Gasteiger partial charge is 0.405 e. The van der Waals surface area contributed by atoms with Crippen LogP contribution in [-0.4, -0.2) is 36.6 Å². The molecule has 1 N–H and O–H groups in total. The number of ketones is 1. The summed E-state index contributed by atoms with van der Waals surface area (Å²) in [6, 6.07) is 2.19. The molecule has 1 aliphatic heterocycles. The summed E-state index contributed by atoms with van der Waals surface area (Å²) in [5.74, 6) is -0.605. The monoisotopic (exact) mass is 586 g/mol. The molecule has 0 radical (unpaired) electrons. The second-order valence-electron chi connectivity index (χ2n) is 16.4. The topological polar surface area (TPSA) is 82.5 Å². The highest BCUT2D eigenvalue weighted by Crippen LogP contribution is 2.76. The number of hydrogen-bond donors (Lipinski definition) is 1. The third-order valence-corrected chi connectivity index (χ3v) is 13.5. The van der Waals surface area contributed by atoms with Gasteiger partial charge in [0, 0.05) is 10.8 Å². The van der Waals surface area contributed by atoms with Crippen molar-refractivity contribution in [2.24, 2.45) is 50.2 Å². The summed E-state index contributed by atoms with van der Waals surface area (Å²) in [5.41, 5.74) is -1.18. The average Bonchev–Trinajstić information content (AvgIpc) is 3.65.